The van der Waals surface area contributed by atoms with E-state index < -0.39 is 0 Å². The van der Waals surface area contributed by atoms with E-state index in [1.807, 2.05) is 24.3 Å². The van der Waals surface area contributed by atoms with Crippen LogP contribution in [0.2, 0.25) is 0 Å². The van der Waals surface area contributed by atoms with Crippen LogP contribution in [0.25, 0.3) is 6.08 Å². The van der Waals surface area contributed by atoms with Gasteiger partial charge < -0.3 is 9.84 Å². The van der Waals surface area contributed by atoms with Gasteiger partial charge in [0, 0.05) is 5.56 Å². The first-order chi connectivity index (χ1) is 5.36. The Morgan fingerprint density at radius 1 is 1.27 bits per heavy atom. The quantitative estimate of drug-likeness (QED) is 0.609. The molecular formula is C9H8O2. The van der Waals surface area contributed by atoms with Gasteiger partial charge in [-0.3, -0.25) is 0 Å². The van der Waals surface area contributed by atoms with Gasteiger partial charge in [0.1, 0.15) is 18.1 Å². The van der Waals surface area contributed by atoms with Crippen LogP contribution in [0.4, 0.5) is 0 Å². The second kappa shape index (κ2) is 2.31. The zero-order chi connectivity index (χ0) is 7.68. The van der Waals surface area contributed by atoms with Crippen LogP contribution >= 0.6 is 0 Å². The molecule has 0 radical (unpaired) electrons. The van der Waals surface area contributed by atoms with E-state index >= 15 is 0 Å². The van der Waals surface area contributed by atoms with Gasteiger partial charge in [-0.15, -0.1) is 0 Å². The van der Waals surface area contributed by atoms with E-state index in [0.29, 0.717) is 0 Å². The molecule has 1 heterocycles. The first-order valence-corrected chi connectivity index (χ1v) is 3.47. The zero-order valence-electron chi connectivity index (χ0n) is 5.95. The molecule has 56 valence electrons. The number of benzene rings is 1. The Labute approximate surface area is 64.7 Å². The van der Waals surface area contributed by atoms with E-state index in [1.54, 1.807) is 6.08 Å². The molecule has 1 aliphatic heterocycles. The molecule has 0 fully saturated rings. The van der Waals surface area contributed by atoms with Crippen LogP contribution in [0.15, 0.2) is 30.0 Å². The highest BCUT2D eigenvalue weighted by Gasteiger charge is 2.07. The maximum absolute atomic E-state index is 9.09. The third kappa shape index (κ3) is 1.07. The van der Waals surface area contributed by atoms with Crippen molar-refractivity contribution >= 4 is 6.08 Å². The average Bonchev–Trinajstić information content (AvgIpc) is 2.04. The molecule has 0 spiro atoms. The van der Waals surface area contributed by atoms with Gasteiger partial charge in [-0.1, -0.05) is 18.2 Å². The van der Waals surface area contributed by atoms with E-state index in [-0.39, 0.29) is 12.4 Å². The summed E-state index contributed by atoms with van der Waals surface area (Å²) in [5, 5.41) is 9.09. The summed E-state index contributed by atoms with van der Waals surface area (Å²) in [6.45, 7) is 0.289. The number of fused-ring (bicyclic) bond motifs is 1. The third-order valence-corrected chi connectivity index (χ3v) is 1.62. The van der Waals surface area contributed by atoms with Gasteiger partial charge in [0.15, 0.2) is 0 Å². The number of hydrogen-bond acceptors (Lipinski definition) is 2. The molecule has 0 bridgehead atoms. The van der Waals surface area contributed by atoms with Crippen LogP contribution in [-0.4, -0.2) is 11.7 Å². The summed E-state index contributed by atoms with van der Waals surface area (Å²) in [4.78, 5) is 0. The Kier molecular flexibility index (Phi) is 1.32. The Morgan fingerprint density at radius 3 is 3.00 bits per heavy atom. The molecule has 1 N–H and O–H groups in total. The van der Waals surface area contributed by atoms with Crippen LogP contribution < -0.4 is 4.74 Å². The van der Waals surface area contributed by atoms with Crippen LogP contribution in [0, 0.1) is 0 Å². The second-order valence-corrected chi connectivity index (χ2v) is 2.46. The van der Waals surface area contributed by atoms with Crippen molar-refractivity contribution in [2.45, 2.75) is 0 Å². The minimum Gasteiger partial charge on any atom is -0.509 e. The molecule has 2 heteroatoms. The minimum atomic E-state index is 0.281. The second-order valence-electron chi connectivity index (χ2n) is 2.46. The van der Waals surface area contributed by atoms with Crippen molar-refractivity contribution in [2.24, 2.45) is 0 Å². The normalized spacial score (nSPS) is 14.7. The van der Waals surface area contributed by atoms with E-state index in [4.69, 9.17) is 9.84 Å². The molecule has 0 atom stereocenters. The number of hydrogen-bond donors (Lipinski definition) is 1. The lowest BCUT2D eigenvalue weighted by Crippen LogP contribution is -2.05. The first kappa shape index (κ1) is 6.28. The van der Waals surface area contributed by atoms with Gasteiger partial charge in [-0.05, 0) is 12.1 Å². The lowest BCUT2D eigenvalue weighted by molar-refractivity contribution is 0.267. The monoisotopic (exact) mass is 148 g/mol. The Morgan fingerprint density at radius 2 is 2.09 bits per heavy atom. The standard InChI is InChI=1S/C9H8O2/c10-8-5-7-3-1-2-4-9(7)11-6-8/h1-5,10H,6H2. The highest BCUT2D eigenvalue weighted by Crippen LogP contribution is 2.24. The van der Waals surface area contributed by atoms with Gasteiger partial charge in [0.25, 0.3) is 0 Å². The predicted molar refractivity (Wildman–Crippen MR) is 42.5 cm³/mol. The fraction of sp³-hybridized carbons (Fsp3) is 0.111. The van der Waals surface area contributed by atoms with E-state index in [1.165, 1.54) is 0 Å². The molecule has 0 aliphatic carbocycles. The highest BCUT2D eigenvalue weighted by atomic mass is 16.5. The van der Waals surface area contributed by atoms with E-state index in [2.05, 4.69) is 0 Å². The van der Waals surface area contributed by atoms with Crippen molar-refractivity contribution in [1.29, 1.82) is 0 Å². The van der Waals surface area contributed by atoms with Crippen LogP contribution in [0.3, 0.4) is 0 Å². The first-order valence-electron chi connectivity index (χ1n) is 3.47. The number of rotatable bonds is 0. The number of para-hydroxylation sites is 1. The zero-order valence-corrected chi connectivity index (χ0v) is 5.95. The average molecular weight is 148 g/mol. The SMILES string of the molecule is OC1=Cc2ccccc2OC1. The summed E-state index contributed by atoms with van der Waals surface area (Å²) in [6.07, 6.45) is 1.72. The fourth-order valence-corrected chi connectivity index (χ4v) is 1.10. The number of ether oxygens (including phenoxy) is 1. The summed E-state index contributed by atoms with van der Waals surface area (Å²) in [5.74, 6) is 1.12. The molecule has 0 unspecified atom stereocenters. The highest BCUT2D eigenvalue weighted by molar-refractivity contribution is 5.60. The maximum Gasteiger partial charge on any atom is 0.145 e. The van der Waals surface area contributed by atoms with Gasteiger partial charge in [0.2, 0.25) is 0 Å². The van der Waals surface area contributed by atoms with Crippen molar-refractivity contribution in [2.75, 3.05) is 6.61 Å². The molecule has 0 amide bonds. The van der Waals surface area contributed by atoms with Crippen molar-refractivity contribution in [3.8, 4) is 5.75 Å². The molecule has 0 saturated heterocycles. The van der Waals surface area contributed by atoms with E-state index in [9.17, 15) is 0 Å². The van der Waals surface area contributed by atoms with Crippen LogP contribution in [0.1, 0.15) is 5.56 Å². The Hall–Kier alpha value is -1.44. The van der Waals surface area contributed by atoms with Gasteiger partial charge in [0.05, 0.1) is 0 Å². The smallest absolute Gasteiger partial charge is 0.145 e. The van der Waals surface area contributed by atoms with Crippen molar-refractivity contribution < 1.29 is 9.84 Å². The molecule has 2 rings (SSSR count). The predicted octanol–water partition coefficient (Wildman–Crippen LogP) is 1.98. The molecule has 0 aromatic heterocycles. The van der Waals surface area contributed by atoms with Crippen molar-refractivity contribution in [3.63, 3.8) is 0 Å². The molecule has 1 aliphatic rings. The van der Waals surface area contributed by atoms with Crippen molar-refractivity contribution in [3.05, 3.63) is 35.6 Å². The minimum absolute atomic E-state index is 0.281. The number of aliphatic hydroxyl groups excluding tert-OH is 1. The lowest BCUT2D eigenvalue weighted by Gasteiger charge is -2.13. The Bertz CT molecular complexity index is 302. The maximum atomic E-state index is 9.09. The third-order valence-electron chi connectivity index (χ3n) is 1.62. The summed E-state index contributed by atoms with van der Waals surface area (Å²) >= 11 is 0. The molecular weight excluding hydrogens is 140 g/mol. The van der Waals surface area contributed by atoms with Gasteiger partial charge in [-0.25, -0.2) is 0 Å². The van der Waals surface area contributed by atoms with E-state index in [0.717, 1.165) is 11.3 Å². The van der Waals surface area contributed by atoms with Crippen LogP contribution in [0.5, 0.6) is 5.75 Å². The molecule has 2 nitrogen and oxygen atoms in total. The van der Waals surface area contributed by atoms with Gasteiger partial charge in [-0.2, -0.15) is 0 Å². The number of aliphatic hydroxyl groups is 1. The molecule has 1 aromatic carbocycles. The van der Waals surface area contributed by atoms with Crippen LogP contribution in [-0.2, 0) is 0 Å². The Balaban J connectivity index is 2.51. The van der Waals surface area contributed by atoms with Crippen molar-refractivity contribution in [1.82, 2.24) is 0 Å². The summed E-state index contributed by atoms with van der Waals surface area (Å²) in [6, 6.07) is 7.62. The molecule has 1 aromatic rings. The summed E-state index contributed by atoms with van der Waals surface area (Å²) in [7, 11) is 0. The molecule has 0 saturated carbocycles. The largest absolute Gasteiger partial charge is 0.509 e. The fourth-order valence-electron chi connectivity index (χ4n) is 1.10. The topological polar surface area (TPSA) is 29.5 Å². The van der Waals surface area contributed by atoms with Gasteiger partial charge >= 0.3 is 0 Å². The summed E-state index contributed by atoms with van der Waals surface area (Å²) in [5.41, 5.74) is 0.941. The molecule has 11 heavy (non-hydrogen) atoms. The summed E-state index contributed by atoms with van der Waals surface area (Å²) < 4.78 is 5.22. The lowest BCUT2D eigenvalue weighted by atomic mass is 10.1.